The highest BCUT2D eigenvalue weighted by Crippen LogP contribution is 2.60. The summed E-state index contributed by atoms with van der Waals surface area (Å²) in [6.07, 6.45) is -11.2. The third-order valence-electron chi connectivity index (χ3n) is 3.70. The van der Waals surface area contributed by atoms with E-state index in [1.54, 1.807) is 0 Å². The molecule has 0 saturated carbocycles. The maximum atomic E-state index is 13.6. The van der Waals surface area contributed by atoms with E-state index >= 15 is 0 Å². The number of alkyl halides is 13. The average molecular weight is 435 g/mol. The van der Waals surface area contributed by atoms with Gasteiger partial charge in [0, 0.05) is 6.54 Å². The minimum atomic E-state index is -7.96. The summed E-state index contributed by atoms with van der Waals surface area (Å²) in [6.45, 7) is 0.618. The summed E-state index contributed by atoms with van der Waals surface area (Å²) >= 11 is 0. The molecule has 0 aliphatic carbocycles. The molecule has 0 bridgehead atoms. The van der Waals surface area contributed by atoms with Crippen molar-refractivity contribution in [1.82, 2.24) is 4.90 Å². The largest absolute Gasteiger partial charge is 0.460 e. The molecule has 1 atom stereocenters. The van der Waals surface area contributed by atoms with Crippen molar-refractivity contribution in [2.24, 2.45) is 0 Å². The SMILES string of the molecule is CCN(CC)CC(O)C(F)(F)C(F)(F)C(F)(F)C(F)(F)C(F)(F)C(F)(F)F. The summed E-state index contributed by atoms with van der Waals surface area (Å²) in [5, 5.41) is 9.08. The fourth-order valence-corrected chi connectivity index (χ4v) is 1.83. The van der Waals surface area contributed by atoms with Crippen molar-refractivity contribution in [2.45, 2.75) is 55.7 Å². The topological polar surface area (TPSA) is 23.5 Å². The van der Waals surface area contributed by atoms with Crippen molar-refractivity contribution < 1.29 is 62.2 Å². The van der Waals surface area contributed by atoms with Gasteiger partial charge in [0.2, 0.25) is 0 Å². The Morgan fingerprint density at radius 3 is 1.26 bits per heavy atom. The van der Waals surface area contributed by atoms with E-state index in [0.29, 0.717) is 0 Å². The summed E-state index contributed by atoms with van der Waals surface area (Å²) in [5.41, 5.74) is 0. The first-order chi connectivity index (χ1) is 11.7. The number of aliphatic hydroxyl groups excluding tert-OH is 1. The van der Waals surface area contributed by atoms with Crippen LogP contribution in [0.5, 0.6) is 0 Å². The fourth-order valence-electron chi connectivity index (χ4n) is 1.83. The summed E-state index contributed by atoms with van der Waals surface area (Å²) in [5.74, 6) is -37.6. The zero-order valence-corrected chi connectivity index (χ0v) is 13.5. The maximum Gasteiger partial charge on any atom is 0.460 e. The highest BCUT2D eigenvalue weighted by Gasteiger charge is 2.91. The summed E-state index contributed by atoms with van der Waals surface area (Å²) in [7, 11) is 0. The molecule has 0 aromatic heterocycles. The van der Waals surface area contributed by atoms with Gasteiger partial charge < -0.3 is 10.0 Å². The van der Waals surface area contributed by atoms with E-state index in [0.717, 1.165) is 4.90 Å². The Hall–Kier alpha value is -0.990. The highest BCUT2D eigenvalue weighted by molar-refractivity contribution is 5.11. The lowest BCUT2D eigenvalue weighted by molar-refractivity contribution is -0.444. The van der Waals surface area contributed by atoms with Gasteiger partial charge in [0.05, 0.1) is 0 Å². The van der Waals surface area contributed by atoms with Crippen LogP contribution in [0.1, 0.15) is 13.8 Å². The van der Waals surface area contributed by atoms with Crippen LogP contribution in [0.3, 0.4) is 0 Å². The Morgan fingerprint density at radius 2 is 0.963 bits per heavy atom. The number of nitrogens with zero attached hydrogens (tertiary/aromatic N) is 1. The lowest BCUT2D eigenvalue weighted by atomic mass is 9.91. The van der Waals surface area contributed by atoms with Gasteiger partial charge in [0.1, 0.15) is 6.10 Å². The Morgan fingerprint density at radius 1 is 0.630 bits per heavy atom. The predicted molar refractivity (Wildman–Crippen MR) is 64.6 cm³/mol. The molecule has 0 rings (SSSR count). The number of hydrogen-bond acceptors (Lipinski definition) is 2. The van der Waals surface area contributed by atoms with Crippen molar-refractivity contribution in [2.75, 3.05) is 19.6 Å². The molecule has 0 heterocycles. The number of rotatable bonds is 9. The molecule has 0 amide bonds. The van der Waals surface area contributed by atoms with Gasteiger partial charge in [-0.05, 0) is 13.1 Å². The second-order valence-corrected chi connectivity index (χ2v) is 5.42. The lowest BCUT2D eigenvalue weighted by Crippen LogP contribution is -2.72. The normalized spacial score (nSPS) is 16.8. The second-order valence-electron chi connectivity index (χ2n) is 5.42. The molecule has 0 aliphatic rings. The first kappa shape index (κ1) is 26.0. The molecule has 0 aromatic carbocycles. The van der Waals surface area contributed by atoms with Crippen LogP contribution in [0.15, 0.2) is 0 Å². The summed E-state index contributed by atoms with van der Waals surface area (Å²) in [6, 6.07) is 0. The zero-order chi connectivity index (χ0) is 22.3. The first-order valence-electron chi connectivity index (χ1n) is 7.02. The van der Waals surface area contributed by atoms with Gasteiger partial charge in [-0.1, -0.05) is 13.8 Å². The third-order valence-corrected chi connectivity index (χ3v) is 3.70. The number of halogens is 13. The number of likely N-dealkylation sites (N-methyl/N-ethyl adjacent to an activating group) is 1. The molecule has 15 heteroatoms. The predicted octanol–water partition coefficient (Wildman–Crippen LogP) is 4.43. The molecule has 1 N–H and O–H groups in total. The molecular weight excluding hydrogens is 421 g/mol. The number of aliphatic hydroxyl groups is 1. The minimum absolute atomic E-state index is 0.200. The van der Waals surface area contributed by atoms with E-state index in [2.05, 4.69) is 0 Å². The Kier molecular flexibility index (Phi) is 7.17. The van der Waals surface area contributed by atoms with Crippen LogP contribution >= 0.6 is 0 Å². The van der Waals surface area contributed by atoms with E-state index in [4.69, 9.17) is 5.11 Å². The molecule has 27 heavy (non-hydrogen) atoms. The molecule has 0 aliphatic heterocycles. The molecule has 2 nitrogen and oxygen atoms in total. The minimum Gasteiger partial charge on any atom is -0.385 e. The molecule has 0 aromatic rings. The molecule has 0 saturated heterocycles. The van der Waals surface area contributed by atoms with Crippen LogP contribution in [0.2, 0.25) is 0 Å². The molecule has 0 radical (unpaired) electrons. The lowest BCUT2D eigenvalue weighted by Gasteiger charge is -2.41. The van der Waals surface area contributed by atoms with Gasteiger partial charge in [0.15, 0.2) is 0 Å². The molecule has 1 unspecified atom stereocenters. The van der Waals surface area contributed by atoms with Gasteiger partial charge >= 0.3 is 35.8 Å². The summed E-state index contributed by atoms with van der Waals surface area (Å²) < 4.78 is 168. The van der Waals surface area contributed by atoms with Crippen molar-refractivity contribution in [3.8, 4) is 0 Å². The maximum absolute atomic E-state index is 13.6. The average Bonchev–Trinajstić information content (AvgIpc) is 2.50. The monoisotopic (exact) mass is 435 g/mol. The van der Waals surface area contributed by atoms with Crippen LogP contribution in [0.4, 0.5) is 57.1 Å². The van der Waals surface area contributed by atoms with Gasteiger partial charge in [-0.15, -0.1) is 0 Å². The van der Waals surface area contributed by atoms with Crippen molar-refractivity contribution in [3.05, 3.63) is 0 Å². The molecule has 164 valence electrons. The fraction of sp³-hybridized carbons (Fsp3) is 1.00. The van der Waals surface area contributed by atoms with E-state index in [1.807, 2.05) is 0 Å². The quantitative estimate of drug-likeness (QED) is 0.542. The van der Waals surface area contributed by atoms with Gasteiger partial charge in [-0.2, -0.15) is 57.1 Å². The van der Waals surface area contributed by atoms with Crippen LogP contribution in [0.25, 0.3) is 0 Å². The van der Waals surface area contributed by atoms with Gasteiger partial charge in [0.25, 0.3) is 0 Å². The number of hydrogen-bond donors (Lipinski definition) is 1. The van der Waals surface area contributed by atoms with Crippen molar-refractivity contribution in [3.63, 3.8) is 0 Å². The van der Waals surface area contributed by atoms with Crippen LogP contribution < -0.4 is 0 Å². The molecular formula is C12H14F13NO. The van der Waals surface area contributed by atoms with E-state index in [9.17, 15) is 57.1 Å². The standard InChI is InChI=1S/C12H14F13NO/c1-3-26(4-2)5-6(27)7(13,14)8(15,16)9(17,18)10(19,20)11(21,22)12(23,24)25/h6,27H,3-5H2,1-2H3. The first-order valence-corrected chi connectivity index (χ1v) is 7.02. The van der Waals surface area contributed by atoms with Crippen molar-refractivity contribution >= 4 is 0 Å². The highest BCUT2D eigenvalue weighted by atomic mass is 19.4. The van der Waals surface area contributed by atoms with E-state index < -0.39 is 48.4 Å². The molecule has 0 fully saturated rings. The van der Waals surface area contributed by atoms with Gasteiger partial charge in [-0.25, -0.2) is 0 Å². The zero-order valence-electron chi connectivity index (χ0n) is 13.5. The Bertz CT molecular complexity index is 498. The van der Waals surface area contributed by atoms with Gasteiger partial charge in [-0.3, -0.25) is 0 Å². The Balaban J connectivity index is 6.15. The Labute approximate surface area is 143 Å². The van der Waals surface area contributed by atoms with E-state index in [-0.39, 0.29) is 13.1 Å². The second kappa shape index (κ2) is 7.44. The van der Waals surface area contributed by atoms with Crippen molar-refractivity contribution in [1.29, 1.82) is 0 Å². The summed E-state index contributed by atoms with van der Waals surface area (Å²) in [4.78, 5) is 0.759. The van der Waals surface area contributed by atoms with Crippen LogP contribution in [0, 0.1) is 0 Å². The van der Waals surface area contributed by atoms with E-state index in [1.165, 1.54) is 13.8 Å². The smallest absolute Gasteiger partial charge is 0.385 e. The van der Waals surface area contributed by atoms with Crippen LogP contribution in [-0.4, -0.2) is 71.5 Å². The third kappa shape index (κ3) is 3.93. The molecule has 0 spiro atoms. The van der Waals surface area contributed by atoms with Crippen LogP contribution in [-0.2, 0) is 0 Å².